The van der Waals surface area contributed by atoms with E-state index in [1.54, 1.807) is 35.2 Å². The zero-order valence-corrected chi connectivity index (χ0v) is 23.7. The van der Waals surface area contributed by atoms with E-state index in [2.05, 4.69) is 0 Å². The van der Waals surface area contributed by atoms with Crippen molar-refractivity contribution in [1.82, 2.24) is 4.90 Å². The Hall–Kier alpha value is -4.44. The standard InChI is InChI=1S/C30H31N3O6S/c1-30(2,3)32(29(36)37)18-19-11-13-21(14-12-19)31-28-33(22-9-7-6-8-10-22)27(35)25(40-28)17-20-15-23(38-4)26(34)24(16-20)39-5/h6-17,34H,18H2,1-5H3,(H,36,37). The predicted octanol–water partition coefficient (Wildman–Crippen LogP) is 6.50. The van der Waals surface area contributed by atoms with Gasteiger partial charge in [0, 0.05) is 12.1 Å². The minimum absolute atomic E-state index is 0.122. The maximum atomic E-state index is 13.6. The van der Waals surface area contributed by atoms with Crippen LogP contribution in [-0.2, 0) is 11.3 Å². The Morgan fingerprint density at radius 1 is 1.02 bits per heavy atom. The molecule has 0 saturated carbocycles. The van der Waals surface area contributed by atoms with Crippen LogP contribution in [0.25, 0.3) is 6.08 Å². The van der Waals surface area contributed by atoms with Crippen molar-refractivity contribution in [2.75, 3.05) is 19.1 Å². The minimum atomic E-state index is -0.987. The summed E-state index contributed by atoms with van der Waals surface area (Å²) in [5.41, 5.74) is 2.18. The third-order valence-electron chi connectivity index (χ3n) is 6.16. The molecule has 4 rings (SSSR count). The number of hydrogen-bond donors (Lipinski definition) is 2. The summed E-state index contributed by atoms with van der Waals surface area (Å²) >= 11 is 1.22. The first-order chi connectivity index (χ1) is 19.0. The van der Waals surface area contributed by atoms with E-state index in [0.717, 1.165) is 5.56 Å². The van der Waals surface area contributed by atoms with Gasteiger partial charge in [-0.15, -0.1) is 0 Å². The molecule has 0 atom stereocenters. The number of aliphatic imine (C=N–C) groups is 1. The normalized spacial score (nSPS) is 15.5. The van der Waals surface area contributed by atoms with Crippen LogP contribution in [0, 0.1) is 0 Å². The molecule has 1 heterocycles. The highest BCUT2D eigenvalue weighted by Gasteiger charge is 2.35. The average molecular weight is 562 g/mol. The number of aromatic hydroxyl groups is 1. The fourth-order valence-electron chi connectivity index (χ4n) is 4.06. The number of methoxy groups -OCH3 is 2. The number of carbonyl (C=O) groups excluding carboxylic acids is 1. The van der Waals surface area contributed by atoms with Gasteiger partial charge in [-0.2, -0.15) is 0 Å². The fourth-order valence-corrected chi connectivity index (χ4v) is 5.06. The summed E-state index contributed by atoms with van der Waals surface area (Å²) in [6.45, 7) is 5.79. The third-order valence-corrected chi connectivity index (χ3v) is 7.13. The van der Waals surface area contributed by atoms with Crippen molar-refractivity contribution in [2.45, 2.75) is 32.9 Å². The van der Waals surface area contributed by atoms with E-state index in [1.807, 2.05) is 63.2 Å². The van der Waals surface area contributed by atoms with Crippen molar-refractivity contribution in [3.63, 3.8) is 0 Å². The Bertz CT molecular complexity index is 1440. The van der Waals surface area contributed by atoms with E-state index in [9.17, 15) is 19.8 Å². The van der Waals surface area contributed by atoms with Crippen LogP contribution in [0.4, 0.5) is 16.2 Å². The molecule has 3 aromatic rings. The zero-order chi connectivity index (χ0) is 29.0. The highest BCUT2D eigenvalue weighted by atomic mass is 32.2. The Balaban J connectivity index is 1.69. The first-order valence-electron chi connectivity index (χ1n) is 12.4. The van der Waals surface area contributed by atoms with Gasteiger partial charge in [-0.3, -0.25) is 14.6 Å². The number of hydrogen-bond acceptors (Lipinski definition) is 7. The lowest BCUT2D eigenvalue weighted by Crippen LogP contribution is -2.44. The first kappa shape index (κ1) is 28.6. The summed E-state index contributed by atoms with van der Waals surface area (Å²) < 4.78 is 10.5. The molecule has 208 valence electrons. The maximum Gasteiger partial charge on any atom is 0.408 e. The summed E-state index contributed by atoms with van der Waals surface area (Å²) in [6, 6.07) is 19.8. The Morgan fingerprint density at radius 3 is 2.15 bits per heavy atom. The van der Waals surface area contributed by atoms with Crippen LogP contribution in [-0.4, -0.2) is 52.0 Å². The lowest BCUT2D eigenvalue weighted by Gasteiger charge is -2.33. The molecule has 1 aliphatic rings. The van der Waals surface area contributed by atoms with E-state index in [1.165, 1.54) is 30.9 Å². The van der Waals surface area contributed by atoms with Crippen LogP contribution in [0.15, 0.2) is 76.6 Å². The number of amidine groups is 1. The van der Waals surface area contributed by atoms with Crippen molar-refractivity contribution in [1.29, 1.82) is 0 Å². The van der Waals surface area contributed by atoms with Crippen LogP contribution in [0.2, 0.25) is 0 Å². The minimum Gasteiger partial charge on any atom is -0.502 e. The van der Waals surface area contributed by atoms with Crippen molar-refractivity contribution in [2.24, 2.45) is 4.99 Å². The van der Waals surface area contributed by atoms with Crippen LogP contribution < -0.4 is 14.4 Å². The molecule has 2 amide bonds. The number of rotatable bonds is 7. The molecule has 9 nitrogen and oxygen atoms in total. The van der Waals surface area contributed by atoms with Gasteiger partial charge in [-0.1, -0.05) is 30.3 Å². The molecule has 0 aromatic heterocycles. The van der Waals surface area contributed by atoms with Gasteiger partial charge < -0.3 is 19.7 Å². The highest BCUT2D eigenvalue weighted by Crippen LogP contribution is 2.41. The molecule has 0 unspecified atom stereocenters. The van der Waals surface area contributed by atoms with Crippen molar-refractivity contribution >= 4 is 46.4 Å². The molecule has 0 spiro atoms. The van der Waals surface area contributed by atoms with E-state index in [0.29, 0.717) is 27.0 Å². The summed E-state index contributed by atoms with van der Waals surface area (Å²) in [7, 11) is 2.88. The van der Waals surface area contributed by atoms with Crippen molar-refractivity contribution in [3.8, 4) is 17.2 Å². The lowest BCUT2D eigenvalue weighted by atomic mass is 10.1. The second-order valence-electron chi connectivity index (χ2n) is 9.96. The van der Waals surface area contributed by atoms with Gasteiger partial charge in [0.2, 0.25) is 5.75 Å². The Morgan fingerprint density at radius 2 is 1.62 bits per heavy atom. The van der Waals surface area contributed by atoms with E-state index < -0.39 is 11.6 Å². The van der Waals surface area contributed by atoms with Crippen LogP contribution in [0.3, 0.4) is 0 Å². The van der Waals surface area contributed by atoms with Crippen LogP contribution >= 0.6 is 11.8 Å². The monoisotopic (exact) mass is 561 g/mol. The predicted molar refractivity (Wildman–Crippen MR) is 158 cm³/mol. The second kappa shape index (κ2) is 11.7. The third kappa shape index (κ3) is 6.23. The molecule has 2 N–H and O–H groups in total. The number of anilines is 1. The quantitative estimate of drug-likeness (QED) is 0.317. The average Bonchev–Trinajstić information content (AvgIpc) is 3.22. The molecule has 1 saturated heterocycles. The van der Waals surface area contributed by atoms with E-state index in [4.69, 9.17) is 14.5 Å². The molecule has 1 aliphatic heterocycles. The summed E-state index contributed by atoms with van der Waals surface area (Å²) in [4.78, 5) is 33.5. The van der Waals surface area contributed by atoms with Gasteiger partial charge in [0.1, 0.15) is 0 Å². The highest BCUT2D eigenvalue weighted by molar-refractivity contribution is 8.19. The second-order valence-corrected chi connectivity index (χ2v) is 11.0. The largest absolute Gasteiger partial charge is 0.502 e. The molecule has 0 aliphatic carbocycles. The lowest BCUT2D eigenvalue weighted by molar-refractivity contribution is -0.113. The van der Waals surface area contributed by atoms with Gasteiger partial charge in [-0.25, -0.2) is 9.79 Å². The van der Waals surface area contributed by atoms with Crippen LogP contribution in [0.5, 0.6) is 17.2 Å². The SMILES string of the molecule is COc1cc(C=C2SC(=Nc3ccc(CN(C(=O)O)C(C)(C)C)cc3)N(c3ccccc3)C2=O)cc(OC)c1O. The van der Waals surface area contributed by atoms with Gasteiger partial charge in [-0.05, 0) is 86.1 Å². The number of nitrogens with zero attached hydrogens (tertiary/aromatic N) is 3. The Kier molecular flexibility index (Phi) is 8.39. The zero-order valence-electron chi connectivity index (χ0n) is 22.9. The number of amides is 2. The summed E-state index contributed by atoms with van der Waals surface area (Å²) in [5, 5.41) is 20.3. The first-order valence-corrected chi connectivity index (χ1v) is 13.3. The summed E-state index contributed by atoms with van der Waals surface area (Å²) in [6.07, 6.45) is 0.714. The molecule has 0 bridgehead atoms. The maximum absolute atomic E-state index is 13.6. The number of phenols is 1. The van der Waals surface area contributed by atoms with E-state index >= 15 is 0 Å². The number of para-hydroxylation sites is 1. The molecule has 0 radical (unpaired) electrons. The molecular weight excluding hydrogens is 530 g/mol. The van der Waals surface area contributed by atoms with Crippen LogP contribution in [0.1, 0.15) is 31.9 Å². The topological polar surface area (TPSA) is 112 Å². The molecule has 10 heteroatoms. The Labute approximate surface area is 237 Å². The molecule has 3 aromatic carbocycles. The summed E-state index contributed by atoms with van der Waals surface area (Å²) in [5.74, 6) is 0.0786. The smallest absolute Gasteiger partial charge is 0.408 e. The van der Waals surface area contributed by atoms with E-state index in [-0.39, 0.29) is 29.7 Å². The van der Waals surface area contributed by atoms with Gasteiger partial charge in [0.15, 0.2) is 16.7 Å². The number of phenolic OH excluding ortho intramolecular Hbond substituents is 1. The van der Waals surface area contributed by atoms with Gasteiger partial charge >= 0.3 is 6.09 Å². The van der Waals surface area contributed by atoms with Gasteiger partial charge in [0.05, 0.1) is 30.5 Å². The molecular formula is C30H31N3O6S. The fraction of sp³-hybridized carbons (Fsp3) is 0.233. The molecule has 40 heavy (non-hydrogen) atoms. The van der Waals surface area contributed by atoms with Crippen molar-refractivity contribution in [3.05, 3.63) is 82.8 Å². The number of carbonyl (C=O) groups is 2. The molecule has 1 fully saturated rings. The van der Waals surface area contributed by atoms with Crippen molar-refractivity contribution < 1.29 is 29.3 Å². The number of thioether (sulfide) groups is 1. The number of carboxylic acid groups (broad SMARTS) is 1. The number of benzene rings is 3. The number of ether oxygens (including phenoxy) is 2. The van der Waals surface area contributed by atoms with Gasteiger partial charge in [0.25, 0.3) is 5.91 Å².